The number of hydrogen-bond acceptors (Lipinski definition) is 6. The van der Waals surface area contributed by atoms with E-state index in [1.165, 1.54) is 6.92 Å². The molecule has 3 amide bonds. The second-order valence-corrected chi connectivity index (χ2v) is 10.6. The van der Waals surface area contributed by atoms with Crippen LogP contribution in [0.5, 0.6) is 0 Å². The van der Waals surface area contributed by atoms with E-state index in [-0.39, 0.29) is 29.0 Å². The summed E-state index contributed by atoms with van der Waals surface area (Å²) in [5.74, 6) is -2.76. The molecule has 2 atom stereocenters. The highest BCUT2D eigenvalue weighted by atomic mass is 19.4. The molecule has 2 unspecified atom stereocenters. The molecule has 2 aliphatic heterocycles. The van der Waals surface area contributed by atoms with Crippen molar-refractivity contribution >= 4 is 23.9 Å². The van der Waals surface area contributed by atoms with Crippen molar-refractivity contribution in [2.75, 3.05) is 26.2 Å². The van der Waals surface area contributed by atoms with Crippen LogP contribution >= 0.6 is 0 Å². The molecule has 0 aromatic rings. The first-order valence-electron chi connectivity index (χ1n) is 11.7. The second-order valence-electron chi connectivity index (χ2n) is 10.6. The summed E-state index contributed by atoms with van der Waals surface area (Å²) in [5, 5.41) is 16.3. The third-order valence-electron chi connectivity index (χ3n) is 5.14. The highest BCUT2D eigenvalue weighted by molar-refractivity contribution is 5.74. The van der Waals surface area contributed by atoms with Gasteiger partial charge in [-0.3, -0.25) is 9.59 Å². The van der Waals surface area contributed by atoms with Crippen LogP contribution in [0.25, 0.3) is 0 Å². The number of carbonyl (C=O) groups excluding carboxylic acids is 3. The van der Waals surface area contributed by atoms with Gasteiger partial charge in [0.25, 0.3) is 0 Å². The fraction of sp³-hybridized carbons (Fsp3) is 0.826. The maximum atomic E-state index is 12.0. The SMILES string of the molecule is CC(=O)NC1(C)CCCN(C(=O)OC(C)(C)C)C1.CC(=O)NC1(C)CCCNC1.O=C(O)C(F)(F)F. The van der Waals surface area contributed by atoms with E-state index in [9.17, 15) is 27.6 Å². The summed E-state index contributed by atoms with van der Waals surface area (Å²) in [4.78, 5) is 44.5. The standard InChI is InChI=1S/C13H24N2O3.C8H16N2O.C2HF3O2/c1-10(16)14-13(5)7-6-8-15(9-13)11(17)18-12(2,3)4;1-7(11)10-8(2)4-3-5-9-6-8;3-2(4,5)1(6)7/h6-9H2,1-5H3,(H,14,16);9H,3-6H2,1-2H3,(H,10,11);(H,6,7). The molecule has 2 fully saturated rings. The lowest BCUT2D eigenvalue weighted by Crippen LogP contribution is -2.58. The molecule has 2 aliphatic rings. The number of rotatable bonds is 2. The van der Waals surface area contributed by atoms with Gasteiger partial charge in [0.1, 0.15) is 5.60 Å². The van der Waals surface area contributed by atoms with Gasteiger partial charge in [-0.2, -0.15) is 13.2 Å². The van der Waals surface area contributed by atoms with Crippen LogP contribution < -0.4 is 16.0 Å². The molecule has 13 heteroatoms. The molecule has 0 bridgehead atoms. The molecule has 0 aromatic heterocycles. The lowest BCUT2D eigenvalue weighted by atomic mass is 9.91. The number of alkyl halides is 3. The number of ether oxygens (including phenoxy) is 1. The molecule has 210 valence electrons. The van der Waals surface area contributed by atoms with E-state index in [1.807, 2.05) is 27.7 Å². The number of aliphatic carboxylic acids is 1. The molecule has 0 radical (unpaired) electrons. The largest absolute Gasteiger partial charge is 0.490 e. The Bertz CT molecular complexity index is 764. The number of halogens is 3. The van der Waals surface area contributed by atoms with Gasteiger partial charge in [0.15, 0.2) is 0 Å². The van der Waals surface area contributed by atoms with Crippen molar-refractivity contribution in [3.8, 4) is 0 Å². The number of carboxylic acids is 1. The Hall–Kier alpha value is -2.57. The van der Waals surface area contributed by atoms with Crippen molar-refractivity contribution in [3.05, 3.63) is 0 Å². The predicted molar refractivity (Wildman–Crippen MR) is 127 cm³/mol. The third kappa shape index (κ3) is 14.7. The van der Waals surface area contributed by atoms with E-state index >= 15 is 0 Å². The van der Waals surface area contributed by atoms with Crippen LogP contribution in [0.4, 0.5) is 18.0 Å². The van der Waals surface area contributed by atoms with Crippen molar-refractivity contribution in [1.29, 1.82) is 0 Å². The Kier molecular flexibility index (Phi) is 12.7. The molecule has 10 nitrogen and oxygen atoms in total. The smallest absolute Gasteiger partial charge is 0.475 e. The molecule has 4 N–H and O–H groups in total. The van der Waals surface area contributed by atoms with Gasteiger partial charge < -0.3 is 30.7 Å². The van der Waals surface area contributed by atoms with Gasteiger partial charge in [-0.25, -0.2) is 9.59 Å². The van der Waals surface area contributed by atoms with Gasteiger partial charge >= 0.3 is 18.2 Å². The van der Waals surface area contributed by atoms with Crippen LogP contribution in [0.15, 0.2) is 0 Å². The summed E-state index contributed by atoms with van der Waals surface area (Å²) in [7, 11) is 0. The van der Waals surface area contributed by atoms with E-state index in [4.69, 9.17) is 14.6 Å². The van der Waals surface area contributed by atoms with Gasteiger partial charge in [-0.05, 0) is 66.8 Å². The van der Waals surface area contributed by atoms with Crippen LogP contribution in [0, 0.1) is 0 Å². The Labute approximate surface area is 210 Å². The van der Waals surface area contributed by atoms with Crippen molar-refractivity contribution in [2.45, 2.75) is 97.0 Å². The summed E-state index contributed by atoms with van der Waals surface area (Å²) in [5.41, 5.74) is -0.843. The summed E-state index contributed by atoms with van der Waals surface area (Å²) in [6, 6.07) is 0. The Morgan fingerprint density at radius 3 is 1.81 bits per heavy atom. The monoisotopic (exact) mass is 526 g/mol. The first-order chi connectivity index (χ1) is 16.2. The molecule has 2 heterocycles. The molecule has 2 rings (SSSR count). The van der Waals surface area contributed by atoms with Crippen molar-refractivity contribution in [1.82, 2.24) is 20.9 Å². The summed E-state index contributed by atoms with van der Waals surface area (Å²) in [6.07, 6.45) is -1.41. The van der Waals surface area contributed by atoms with Crippen LogP contribution in [0.3, 0.4) is 0 Å². The lowest BCUT2D eigenvalue weighted by molar-refractivity contribution is -0.192. The zero-order chi connectivity index (χ0) is 28.4. The van der Waals surface area contributed by atoms with Gasteiger partial charge in [0.05, 0.1) is 5.54 Å². The fourth-order valence-corrected chi connectivity index (χ4v) is 3.84. The molecule has 36 heavy (non-hydrogen) atoms. The number of carbonyl (C=O) groups is 4. The van der Waals surface area contributed by atoms with Crippen LogP contribution in [-0.2, 0) is 19.1 Å². The third-order valence-corrected chi connectivity index (χ3v) is 5.14. The normalized spacial score (nSPS) is 24.1. The average molecular weight is 527 g/mol. The molecule has 0 aromatic carbocycles. The number of likely N-dealkylation sites (tertiary alicyclic amines) is 1. The topological polar surface area (TPSA) is 137 Å². The summed E-state index contributed by atoms with van der Waals surface area (Å²) in [6.45, 7) is 15.8. The first kappa shape index (κ1) is 33.4. The van der Waals surface area contributed by atoms with Gasteiger partial charge in [-0.15, -0.1) is 0 Å². The number of carboxylic acid groups (broad SMARTS) is 1. The minimum atomic E-state index is -5.08. The van der Waals surface area contributed by atoms with Crippen LogP contribution in [-0.4, -0.2) is 82.9 Å². The Morgan fingerprint density at radius 1 is 0.944 bits per heavy atom. The minimum Gasteiger partial charge on any atom is -0.475 e. The van der Waals surface area contributed by atoms with Gasteiger partial charge in [-0.1, -0.05) is 0 Å². The average Bonchev–Trinajstić information content (AvgIpc) is 2.65. The molecule has 0 aliphatic carbocycles. The number of nitrogens with one attached hydrogen (secondary N) is 3. The molecular formula is C23H41F3N4O6. The molecule has 2 saturated heterocycles. The highest BCUT2D eigenvalue weighted by Gasteiger charge is 2.38. The van der Waals surface area contributed by atoms with E-state index in [0.29, 0.717) is 13.1 Å². The Morgan fingerprint density at radius 2 is 1.42 bits per heavy atom. The highest BCUT2D eigenvalue weighted by Crippen LogP contribution is 2.22. The van der Waals surface area contributed by atoms with Crippen molar-refractivity contribution in [3.63, 3.8) is 0 Å². The van der Waals surface area contributed by atoms with E-state index in [1.54, 1.807) is 11.8 Å². The number of nitrogens with zero attached hydrogens (tertiary/aromatic N) is 1. The second kappa shape index (κ2) is 13.7. The molecule has 0 saturated carbocycles. The quantitative estimate of drug-likeness (QED) is 0.434. The van der Waals surface area contributed by atoms with E-state index in [0.717, 1.165) is 38.8 Å². The zero-order valence-corrected chi connectivity index (χ0v) is 22.2. The fourth-order valence-electron chi connectivity index (χ4n) is 3.84. The van der Waals surface area contributed by atoms with E-state index < -0.39 is 17.7 Å². The van der Waals surface area contributed by atoms with E-state index in [2.05, 4.69) is 22.9 Å². The number of piperidine rings is 2. The maximum absolute atomic E-state index is 12.0. The number of amides is 3. The van der Waals surface area contributed by atoms with Gasteiger partial charge in [0.2, 0.25) is 11.8 Å². The molecular weight excluding hydrogens is 485 g/mol. The van der Waals surface area contributed by atoms with Crippen molar-refractivity contribution in [2.24, 2.45) is 0 Å². The van der Waals surface area contributed by atoms with Crippen LogP contribution in [0.2, 0.25) is 0 Å². The minimum absolute atomic E-state index is 0.00984. The number of hydrogen-bond donors (Lipinski definition) is 4. The zero-order valence-electron chi connectivity index (χ0n) is 22.2. The van der Waals surface area contributed by atoms with Crippen molar-refractivity contribution < 1.29 is 42.2 Å². The van der Waals surface area contributed by atoms with Gasteiger partial charge in [0, 0.05) is 39.0 Å². The Balaban J connectivity index is 0.000000576. The summed E-state index contributed by atoms with van der Waals surface area (Å²) >= 11 is 0. The maximum Gasteiger partial charge on any atom is 0.490 e. The van der Waals surface area contributed by atoms with Crippen LogP contribution in [0.1, 0.15) is 74.1 Å². The summed E-state index contributed by atoms with van der Waals surface area (Å²) < 4.78 is 37.1. The molecule has 0 spiro atoms. The lowest BCUT2D eigenvalue weighted by Gasteiger charge is -2.41. The predicted octanol–water partition coefficient (Wildman–Crippen LogP) is 2.81. The first-order valence-corrected chi connectivity index (χ1v) is 11.7.